The summed E-state index contributed by atoms with van der Waals surface area (Å²) in [5.41, 5.74) is 2.27. The average Bonchev–Trinajstić information content (AvgIpc) is 2.61. The van der Waals surface area contributed by atoms with Crippen LogP contribution in [0.25, 0.3) is 21.8 Å². The Bertz CT molecular complexity index is 1050. The Balaban J connectivity index is 1.99. The second kappa shape index (κ2) is 5.45. The van der Waals surface area contributed by atoms with Crippen LogP contribution < -0.4 is 0 Å². The highest BCUT2D eigenvalue weighted by Crippen LogP contribution is 2.27. The molecule has 0 amide bonds. The standard InChI is InChI=1S/C19H11ClN2O/c20-15-11-14-9-8-12-7-4-10-21-16(12)17(14)22-18(15)19(23)13-5-2-1-3-6-13/h1-11H. The van der Waals surface area contributed by atoms with Crippen molar-refractivity contribution in [2.75, 3.05) is 0 Å². The topological polar surface area (TPSA) is 42.9 Å². The van der Waals surface area contributed by atoms with E-state index in [1.54, 1.807) is 24.4 Å². The monoisotopic (exact) mass is 318 g/mol. The Hall–Kier alpha value is -2.78. The van der Waals surface area contributed by atoms with Gasteiger partial charge in [-0.3, -0.25) is 9.78 Å². The molecule has 0 N–H and O–H groups in total. The first-order chi connectivity index (χ1) is 11.2. The van der Waals surface area contributed by atoms with Crippen LogP contribution in [0.3, 0.4) is 0 Å². The molecule has 0 fully saturated rings. The van der Waals surface area contributed by atoms with Crippen LogP contribution in [0.15, 0.2) is 66.9 Å². The van der Waals surface area contributed by atoms with Gasteiger partial charge in [0.15, 0.2) is 0 Å². The van der Waals surface area contributed by atoms with E-state index in [1.165, 1.54) is 0 Å². The van der Waals surface area contributed by atoms with Gasteiger partial charge in [-0.1, -0.05) is 60.1 Å². The van der Waals surface area contributed by atoms with Crippen LogP contribution in [0.4, 0.5) is 0 Å². The van der Waals surface area contributed by atoms with Gasteiger partial charge in [0.05, 0.1) is 16.1 Å². The molecule has 0 atom stereocenters. The Morgan fingerprint density at radius 2 is 1.65 bits per heavy atom. The van der Waals surface area contributed by atoms with Gasteiger partial charge in [-0.05, 0) is 12.1 Å². The van der Waals surface area contributed by atoms with Gasteiger partial charge in [-0.2, -0.15) is 0 Å². The summed E-state index contributed by atoms with van der Waals surface area (Å²) in [6, 6.07) is 18.5. The van der Waals surface area contributed by atoms with Gasteiger partial charge < -0.3 is 0 Å². The summed E-state index contributed by atoms with van der Waals surface area (Å²) in [7, 11) is 0. The fourth-order valence-corrected chi connectivity index (χ4v) is 2.88. The van der Waals surface area contributed by atoms with Gasteiger partial charge in [-0.15, -0.1) is 0 Å². The lowest BCUT2D eigenvalue weighted by Gasteiger charge is -2.07. The second-order valence-corrected chi connectivity index (χ2v) is 5.63. The number of ketones is 1. The molecule has 4 aromatic rings. The average molecular weight is 319 g/mol. The van der Waals surface area contributed by atoms with E-state index >= 15 is 0 Å². The zero-order valence-corrected chi connectivity index (χ0v) is 12.8. The molecule has 2 heterocycles. The molecule has 0 spiro atoms. The summed E-state index contributed by atoms with van der Waals surface area (Å²) in [5, 5.41) is 2.19. The smallest absolute Gasteiger partial charge is 0.212 e. The van der Waals surface area contributed by atoms with E-state index in [1.807, 2.05) is 42.5 Å². The number of nitrogens with zero attached hydrogens (tertiary/aromatic N) is 2. The predicted molar refractivity (Wildman–Crippen MR) is 91.9 cm³/mol. The number of carbonyl (C=O) groups excluding carboxylic acids is 1. The molecule has 0 aliphatic rings. The van der Waals surface area contributed by atoms with Crippen molar-refractivity contribution in [3.05, 3.63) is 83.1 Å². The normalized spacial score (nSPS) is 11.0. The Kier molecular flexibility index (Phi) is 3.28. The van der Waals surface area contributed by atoms with Crippen LogP contribution in [-0.4, -0.2) is 15.8 Å². The van der Waals surface area contributed by atoms with E-state index in [0.29, 0.717) is 16.1 Å². The van der Waals surface area contributed by atoms with E-state index in [2.05, 4.69) is 9.97 Å². The van der Waals surface area contributed by atoms with Gasteiger partial charge in [0.2, 0.25) is 5.78 Å². The van der Waals surface area contributed by atoms with E-state index in [4.69, 9.17) is 11.6 Å². The van der Waals surface area contributed by atoms with Gasteiger partial charge in [0, 0.05) is 22.5 Å². The first kappa shape index (κ1) is 13.9. The molecule has 0 saturated heterocycles. The van der Waals surface area contributed by atoms with Gasteiger partial charge in [0.25, 0.3) is 0 Å². The number of hydrogen-bond acceptors (Lipinski definition) is 3. The van der Waals surface area contributed by atoms with Crippen LogP contribution in [0.2, 0.25) is 5.02 Å². The Labute approximate surface area is 137 Å². The van der Waals surface area contributed by atoms with Crippen LogP contribution in [-0.2, 0) is 0 Å². The largest absolute Gasteiger partial charge is 0.287 e. The summed E-state index contributed by atoms with van der Waals surface area (Å²) in [5.74, 6) is -0.189. The Morgan fingerprint density at radius 3 is 2.48 bits per heavy atom. The van der Waals surface area contributed by atoms with Crippen molar-refractivity contribution < 1.29 is 4.79 Å². The van der Waals surface area contributed by atoms with E-state index in [0.717, 1.165) is 16.3 Å². The van der Waals surface area contributed by atoms with Gasteiger partial charge in [-0.25, -0.2) is 4.98 Å². The summed E-state index contributed by atoms with van der Waals surface area (Å²) in [6.07, 6.45) is 1.72. The van der Waals surface area contributed by atoms with E-state index in [-0.39, 0.29) is 11.5 Å². The molecule has 0 saturated carbocycles. The second-order valence-electron chi connectivity index (χ2n) is 5.23. The van der Waals surface area contributed by atoms with Crippen molar-refractivity contribution in [3.63, 3.8) is 0 Å². The molecule has 0 radical (unpaired) electrons. The van der Waals surface area contributed by atoms with Crippen LogP contribution >= 0.6 is 11.6 Å². The molecule has 23 heavy (non-hydrogen) atoms. The molecular formula is C19H11ClN2O. The van der Waals surface area contributed by atoms with Crippen molar-refractivity contribution in [3.8, 4) is 0 Å². The molecule has 0 unspecified atom stereocenters. The molecule has 2 aromatic carbocycles. The maximum Gasteiger partial charge on any atom is 0.212 e. The zero-order chi connectivity index (χ0) is 15.8. The highest BCUT2D eigenvalue weighted by atomic mass is 35.5. The minimum absolute atomic E-state index is 0.189. The lowest BCUT2D eigenvalue weighted by Crippen LogP contribution is -2.05. The third-order valence-electron chi connectivity index (χ3n) is 3.76. The zero-order valence-electron chi connectivity index (χ0n) is 12.0. The van der Waals surface area contributed by atoms with Gasteiger partial charge in [0.1, 0.15) is 5.69 Å². The van der Waals surface area contributed by atoms with Crippen molar-refractivity contribution in [1.82, 2.24) is 9.97 Å². The van der Waals surface area contributed by atoms with Crippen molar-refractivity contribution in [2.45, 2.75) is 0 Å². The number of benzene rings is 2. The van der Waals surface area contributed by atoms with Crippen molar-refractivity contribution in [2.24, 2.45) is 0 Å². The third kappa shape index (κ3) is 2.35. The molecule has 0 aliphatic carbocycles. The molecule has 110 valence electrons. The maximum atomic E-state index is 12.7. The molecule has 0 bridgehead atoms. The molecule has 4 heteroatoms. The lowest BCUT2D eigenvalue weighted by atomic mass is 10.1. The number of halogens is 1. The summed E-state index contributed by atoms with van der Waals surface area (Å²) >= 11 is 6.30. The number of hydrogen-bond donors (Lipinski definition) is 0. The maximum absolute atomic E-state index is 12.7. The summed E-state index contributed by atoms with van der Waals surface area (Å²) < 4.78 is 0. The first-order valence-corrected chi connectivity index (χ1v) is 7.55. The van der Waals surface area contributed by atoms with E-state index < -0.39 is 0 Å². The van der Waals surface area contributed by atoms with Gasteiger partial charge >= 0.3 is 0 Å². The number of carbonyl (C=O) groups is 1. The first-order valence-electron chi connectivity index (χ1n) is 7.18. The van der Waals surface area contributed by atoms with Crippen LogP contribution in [0.1, 0.15) is 16.1 Å². The fourth-order valence-electron chi connectivity index (χ4n) is 2.63. The number of pyridine rings is 2. The third-order valence-corrected chi connectivity index (χ3v) is 4.05. The number of rotatable bonds is 2. The molecular weight excluding hydrogens is 308 g/mol. The SMILES string of the molecule is O=C(c1ccccc1)c1nc2c(ccc3cccnc32)cc1Cl. The van der Waals surface area contributed by atoms with E-state index in [9.17, 15) is 4.79 Å². The van der Waals surface area contributed by atoms with Crippen molar-refractivity contribution in [1.29, 1.82) is 0 Å². The molecule has 3 nitrogen and oxygen atoms in total. The van der Waals surface area contributed by atoms with Crippen LogP contribution in [0, 0.1) is 0 Å². The molecule has 4 rings (SSSR count). The minimum Gasteiger partial charge on any atom is -0.287 e. The minimum atomic E-state index is -0.189. The highest BCUT2D eigenvalue weighted by molar-refractivity contribution is 6.35. The van der Waals surface area contributed by atoms with Crippen LogP contribution in [0.5, 0.6) is 0 Å². The Morgan fingerprint density at radius 1 is 0.870 bits per heavy atom. The molecule has 0 aliphatic heterocycles. The molecule has 2 aromatic heterocycles. The summed E-state index contributed by atoms with van der Waals surface area (Å²) in [6.45, 7) is 0. The number of fused-ring (bicyclic) bond motifs is 3. The quantitative estimate of drug-likeness (QED) is 0.398. The highest BCUT2D eigenvalue weighted by Gasteiger charge is 2.16. The number of aromatic nitrogens is 2. The lowest BCUT2D eigenvalue weighted by molar-refractivity contribution is 0.103. The fraction of sp³-hybridized carbons (Fsp3) is 0. The summed E-state index contributed by atoms with van der Waals surface area (Å²) in [4.78, 5) is 21.6. The van der Waals surface area contributed by atoms with Crippen molar-refractivity contribution >= 4 is 39.2 Å². The predicted octanol–water partition coefficient (Wildman–Crippen LogP) is 4.67.